The van der Waals surface area contributed by atoms with E-state index in [2.05, 4.69) is 13.0 Å². The summed E-state index contributed by atoms with van der Waals surface area (Å²) in [5.41, 5.74) is 0. The van der Waals surface area contributed by atoms with E-state index in [9.17, 15) is 0 Å². The molecule has 53 valence electrons. The Hall–Kier alpha value is -0.980. The monoisotopic (exact) mass is 135 g/mol. The van der Waals surface area contributed by atoms with Crippen molar-refractivity contribution in [1.82, 2.24) is 0 Å². The van der Waals surface area contributed by atoms with Gasteiger partial charge in [-0.25, -0.2) is 0 Å². The van der Waals surface area contributed by atoms with Crippen molar-refractivity contribution in [1.29, 1.82) is 0 Å². The maximum Gasteiger partial charge on any atom is 0.119 e. The lowest BCUT2D eigenvalue weighted by atomic mass is 10.3. The van der Waals surface area contributed by atoms with Crippen LogP contribution in [0.2, 0.25) is 0 Å². The lowest BCUT2D eigenvalue weighted by molar-refractivity contribution is 0.317. The minimum Gasteiger partial charge on any atom is -0.494 e. The number of rotatable bonds is 3. The van der Waals surface area contributed by atoms with Crippen LogP contribution in [0.15, 0.2) is 24.3 Å². The summed E-state index contributed by atoms with van der Waals surface area (Å²) in [5.74, 6) is 0.907. The molecule has 10 heavy (non-hydrogen) atoms. The summed E-state index contributed by atoms with van der Waals surface area (Å²) in [6, 6.07) is 10.5. The van der Waals surface area contributed by atoms with Gasteiger partial charge in [-0.1, -0.05) is 19.1 Å². The van der Waals surface area contributed by atoms with Crippen molar-refractivity contribution >= 4 is 0 Å². The molecule has 0 heterocycles. The highest BCUT2D eigenvalue weighted by atomic mass is 16.5. The molecule has 0 aliphatic carbocycles. The van der Waals surface area contributed by atoms with Crippen molar-refractivity contribution in [2.24, 2.45) is 0 Å². The van der Waals surface area contributed by atoms with Crippen molar-refractivity contribution in [2.75, 3.05) is 6.61 Å². The molecule has 0 unspecified atom stereocenters. The summed E-state index contributed by atoms with van der Waals surface area (Å²) >= 11 is 0. The maximum absolute atomic E-state index is 5.32. The number of benzene rings is 1. The van der Waals surface area contributed by atoms with Crippen molar-refractivity contribution in [3.63, 3.8) is 0 Å². The van der Waals surface area contributed by atoms with E-state index in [-0.39, 0.29) is 0 Å². The quantitative estimate of drug-likeness (QED) is 0.617. The Morgan fingerprint density at radius 2 is 2.50 bits per heavy atom. The molecule has 0 amide bonds. The Labute approximate surface area is 61.6 Å². The third kappa shape index (κ3) is 2.09. The third-order valence-electron chi connectivity index (χ3n) is 1.15. The second-order valence-electron chi connectivity index (χ2n) is 2.09. The van der Waals surface area contributed by atoms with Gasteiger partial charge in [-0.3, -0.25) is 0 Å². The number of hydrogen-bond acceptors (Lipinski definition) is 1. The Morgan fingerprint density at radius 3 is 3.10 bits per heavy atom. The second kappa shape index (κ2) is 3.94. The number of ether oxygens (including phenoxy) is 1. The van der Waals surface area contributed by atoms with E-state index < -0.39 is 0 Å². The molecule has 1 radical (unpaired) electrons. The molecule has 0 spiro atoms. The zero-order chi connectivity index (χ0) is 7.23. The summed E-state index contributed by atoms with van der Waals surface area (Å²) in [4.78, 5) is 0. The van der Waals surface area contributed by atoms with Gasteiger partial charge in [0.15, 0.2) is 0 Å². The molecule has 0 saturated carbocycles. The van der Waals surface area contributed by atoms with Gasteiger partial charge in [0.05, 0.1) is 6.61 Å². The average Bonchev–Trinajstić information content (AvgIpc) is 2.03. The van der Waals surface area contributed by atoms with Crippen molar-refractivity contribution in [3.05, 3.63) is 30.3 Å². The van der Waals surface area contributed by atoms with E-state index in [4.69, 9.17) is 4.74 Å². The van der Waals surface area contributed by atoms with E-state index in [1.165, 1.54) is 0 Å². The van der Waals surface area contributed by atoms with Gasteiger partial charge in [-0.2, -0.15) is 0 Å². The standard InChI is InChI=1S/C9H11O/c1-2-8-10-9-6-4-3-5-7-9/h3-4,6-7H,2,8H2,1H3. The molecule has 0 fully saturated rings. The zero-order valence-corrected chi connectivity index (χ0v) is 6.13. The maximum atomic E-state index is 5.32. The fourth-order valence-corrected chi connectivity index (χ4v) is 0.687. The molecular weight excluding hydrogens is 124 g/mol. The van der Waals surface area contributed by atoms with Gasteiger partial charge in [-0.15, -0.1) is 0 Å². The average molecular weight is 135 g/mol. The Morgan fingerprint density at radius 1 is 1.60 bits per heavy atom. The van der Waals surface area contributed by atoms with E-state index in [1.54, 1.807) is 0 Å². The smallest absolute Gasteiger partial charge is 0.119 e. The van der Waals surface area contributed by atoms with E-state index in [0.717, 1.165) is 18.8 Å². The van der Waals surface area contributed by atoms with Gasteiger partial charge in [0, 0.05) is 0 Å². The lowest BCUT2D eigenvalue weighted by Gasteiger charge is -2.01. The summed E-state index contributed by atoms with van der Waals surface area (Å²) in [7, 11) is 0. The molecule has 1 nitrogen and oxygen atoms in total. The van der Waals surface area contributed by atoms with Crippen LogP contribution in [-0.4, -0.2) is 6.61 Å². The molecule has 1 aromatic carbocycles. The van der Waals surface area contributed by atoms with Crippen LogP contribution in [0.4, 0.5) is 0 Å². The fourth-order valence-electron chi connectivity index (χ4n) is 0.687. The van der Waals surface area contributed by atoms with Crippen LogP contribution < -0.4 is 4.74 Å². The first-order valence-corrected chi connectivity index (χ1v) is 3.52. The molecule has 0 aliphatic rings. The van der Waals surface area contributed by atoms with Crippen molar-refractivity contribution in [3.8, 4) is 5.75 Å². The minimum atomic E-state index is 0.790. The van der Waals surface area contributed by atoms with Crippen LogP contribution in [0.1, 0.15) is 13.3 Å². The van der Waals surface area contributed by atoms with Gasteiger partial charge >= 0.3 is 0 Å². The molecule has 1 heteroatoms. The lowest BCUT2D eigenvalue weighted by Crippen LogP contribution is -1.93. The van der Waals surface area contributed by atoms with Crippen LogP contribution in [0.5, 0.6) is 5.75 Å². The molecule has 0 aromatic heterocycles. The predicted molar refractivity (Wildman–Crippen MR) is 41.1 cm³/mol. The third-order valence-corrected chi connectivity index (χ3v) is 1.15. The Kier molecular flexibility index (Phi) is 2.81. The van der Waals surface area contributed by atoms with Crippen LogP contribution >= 0.6 is 0 Å². The van der Waals surface area contributed by atoms with Gasteiger partial charge < -0.3 is 4.74 Å². The van der Waals surface area contributed by atoms with Crippen molar-refractivity contribution in [2.45, 2.75) is 13.3 Å². The molecule has 0 atom stereocenters. The molecule has 0 N–H and O–H groups in total. The first-order chi connectivity index (χ1) is 4.93. The molecular formula is C9H11O. The van der Waals surface area contributed by atoms with E-state index in [1.807, 2.05) is 24.3 Å². The van der Waals surface area contributed by atoms with E-state index >= 15 is 0 Å². The summed E-state index contributed by atoms with van der Waals surface area (Å²) in [6.07, 6.45) is 1.05. The largest absolute Gasteiger partial charge is 0.494 e. The van der Waals surface area contributed by atoms with Gasteiger partial charge in [0.2, 0.25) is 0 Å². The second-order valence-corrected chi connectivity index (χ2v) is 2.09. The normalized spacial score (nSPS) is 9.30. The summed E-state index contributed by atoms with van der Waals surface area (Å²) in [5, 5.41) is 0. The highest BCUT2D eigenvalue weighted by Crippen LogP contribution is 2.07. The molecule has 1 aromatic rings. The fraction of sp³-hybridized carbons (Fsp3) is 0.333. The van der Waals surface area contributed by atoms with Gasteiger partial charge in [0.25, 0.3) is 0 Å². The predicted octanol–water partition coefficient (Wildman–Crippen LogP) is 2.28. The number of hydrogen-bond donors (Lipinski definition) is 0. The van der Waals surface area contributed by atoms with Gasteiger partial charge in [-0.05, 0) is 24.6 Å². The summed E-state index contributed by atoms with van der Waals surface area (Å²) < 4.78 is 5.32. The zero-order valence-electron chi connectivity index (χ0n) is 6.13. The van der Waals surface area contributed by atoms with Crippen LogP contribution in [0.25, 0.3) is 0 Å². The minimum absolute atomic E-state index is 0.790. The Balaban J connectivity index is 2.43. The molecule has 0 bridgehead atoms. The topological polar surface area (TPSA) is 9.23 Å². The van der Waals surface area contributed by atoms with Crippen LogP contribution in [-0.2, 0) is 0 Å². The van der Waals surface area contributed by atoms with Crippen molar-refractivity contribution < 1.29 is 4.74 Å². The SMILES string of the molecule is CCCOc1c[c]ccc1. The first kappa shape index (κ1) is 7.13. The molecule has 0 saturated heterocycles. The Bertz CT molecular complexity index is 169. The first-order valence-electron chi connectivity index (χ1n) is 3.52. The van der Waals surface area contributed by atoms with E-state index in [0.29, 0.717) is 0 Å². The summed E-state index contributed by atoms with van der Waals surface area (Å²) in [6.45, 7) is 2.88. The van der Waals surface area contributed by atoms with Gasteiger partial charge in [0.1, 0.15) is 5.75 Å². The highest BCUT2D eigenvalue weighted by Gasteiger charge is 1.86. The molecule has 0 aliphatic heterocycles. The van der Waals surface area contributed by atoms with Crippen LogP contribution in [0, 0.1) is 6.07 Å². The van der Waals surface area contributed by atoms with Crippen LogP contribution in [0.3, 0.4) is 0 Å². The molecule has 1 rings (SSSR count). The highest BCUT2D eigenvalue weighted by molar-refractivity contribution is 5.19.